The van der Waals surface area contributed by atoms with Crippen molar-refractivity contribution in [3.05, 3.63) is 23.8 Å². The topological polar surface area (TPSA) is 75.4 Å². The highest BCUT2D eigenvalue weighted by Crippen LogP contribution is 2.24. The molecule has 0 aliphatic carbocycles. The summed E-state index contributed by atoms with van der Waals surface area (Å²) in [5.74, 6) is -0.283. The first-order valence-electron chi connectivity index (χ1n) is 4.70. The maximum absolute atomic E-state index is 11.5. The van der Waals surface area contributed by atoms with E-state index in [2.05, 4.69) is 5.32 Å². The molecule has 4 N–H and O–H groups in total. The quantitative estimate of drug-likeness (QED) is 0.643. The summed E-state index contributed by atoms with van der Waals surface area (Å²) in [7, 11) is 0. The average molecular weight is 208 g/mol. The Morgan fingerprint density at radius 2 is 2.07 bits per heavy atom. The van der Waals surface area contributed by atoms with Gasteiger partial charge < -0.3 is 16.2 Å². The van der Waals surface area contributed by atoms with Crippen LogP contribution in [0.25, 0.3) is 0 Å². The molecule has 4 nitrogen and oxygen atoms in total. The average Bonchev–Trinajstić information content (AvgIpc) is 2.08. The van der Waals surface area contributed by atoms with Crippen molar-refractivity contribution < 1.29 is 9.90 Å². The largest absolute Gasteiger partial charge is 0.506 e. The van der Waals surface area contributed by atoms with Crippen LogP contribution in [0.2, 0.25) is 0 Å². The first kappa shape index (κ1) is 11.5. The van der Waals surface area contributed by atoms with Crippen LogP contribution in [0.15, 0.2) is 18.2 Å². The number of phenols is 1. The van der Waals surface area contributed by atoms with Gasteiger partial charge in [0, 0.05) is 0 Å². The van der Waals surface area contributed by atoms with Gasteiger partial charge in [-0.3, -0.25) is 4.79 Å². The van der Waals surface area contributed by atoms with E-state index in [9.17, 15) is 9.90 Å². The SMILES string of the molecule is Cc1ccc(NC(=O)C(C)(C)N)c(O)c1. The molecule has 0 unspecified atom stereocenters. The first-order chi connectivity index (χ1) is 6.80. The van der Waals surface area contributed by atoms with E-state index in [-0.39, 0.29) is 11.7 Å². The molecule has 1 aromatic rings. The Hall–Kier alpha value is -1.55. The van der Waals surface area contributed by atoms with Crippen molar-refractivity contribution in [2.45, 2.75) is 26.3 Å². The van der Waals surface area contributed by atoms with Gasteiger partial charge in [0.15, 0.2) is 0 Å². The number of aryl methyl sites for hydroxylation is 1. The number of carbonyl (C=O) groups is 1. The van der Waals surface area contributed by atoms with E-state index in [1.54, 1.807) is 32.0 Å². The van der Waals surface area contributed by atoms with Crippen LogP contribution in [0, 0.1) is 6.92 Å². The zero-order valence-electron chi connectivity index (χ0n) is 9.16. The fraction of sp³-hybridized carbons (Fsp3) is 0.364. The molecule has 4 heteroatoms. The molecule has 1 rings (SSSR count). The molecule has 0 bridgehead atoms. The number of hydrogen-bond acceptors (Lipinski definition) is 3. The van der Waals surface area contributed by atoms with Crippen molar-refractivity contribution >= 4 is 11.6 Å². The maximum atomic E-state index is 11.5. The van der Waals surface area contributed by atoms with Crippen molar-refractivity contribution in [2.24, 2.45) is 5.73 Å². The van der Waals surface area contributed by atoms with Gasteiger partial charge in [0.05, 0.1) is 11.2 Å². The normalized spacial score (nSPS) is 11.2. The lowest BCUT2D eigenvalue weighted by atomic mass is 10.1. The van der Waals surface area contributed by atoms with E-state index in [4.69, 9.17) is 5.73 Å². The van der Waals surface area contributed by atoms with E-state index in [0.717, 1.165) is 5.56 Å². The Morgan fingerprint density at radius 1 is 1.47 bits per heavy atom. The van der Waals surface area contributed by atoms with Gasteiger partial charge in [-0.15, -0.1) is 0 Å². The lowest BCUT2D eigenvalue weighted by Gasteiger charge is -2.18. The van der Waals surface area contributed by atoms with Gasteiger partial charge in [-0.1, -0.05) is 6.07 Å². The summed E-state index contributed by atoms with van der Waals surface area (Å²) in [6, 6.07) is 5.03. The molecule has 0 saturated carbocycles. The van der Waals surface area contributed by atoms with E-state index in [0.29, 0.717) is 5.69 Å². The molecule has 0 aliphatic rings. The monoisotopic (exact) mass is 208 g/mol. The van der Waals surface area contributed by atoms with E-state index >= 15 is 0 Å². The molecule has 1 amide bonds. The van der Waals surface area contributed by atoms with E-state index < -0.39 is 5.54 Å². The second-order valence-electron chi connectivity index (χ2n) is 4.20. The third-order valence-corrected chi connectivity index (χ3v) is 1.99. The van der Waals surface area contributed by atoms with Crippen LogP contribution in [-0.4, -0.2) is 16.6 Å². The summed E-state index contributed by atoms with van der Waals surface area (Å²) in [6.07, 6.45) is 0. The molecule has 0 radical (unpaired) electrons. The van der Waals surface area contributed by atoms with Gasteiger partial charge in [-0.05, 0) is 38.5 Å². The second-order valence-corrected chi connectivity index (χ2v) is 4.20. The van der Waals surface area contributed by atoms with Crippen molar-refractivity contribution in [1.29, 1.82) is 0 Å². The van der Waals surface area contributed by atoms with Gasteiger partial charge in [-0.2, -0.15) is 0 Å². The number of anilines is 1. The Bertz CT molecular complexity index is 381. The summed E-state index contributed by atoms with van der Waals surface area (Å²) in [4.78, 5) is 11.5. The van der Waals surface area contributed by atoms with Crippen molar-refractivity contribution in [1.82, 2.24) is 0 Å². The lowest BCUT2D eigenvalue weighted by molar-refractivity contribution is -0.120. The molecule has 82 valence electrons. The Morgan fingerprint density at radius 3 is 2.53 bits per heavy atom. The van der Waals surface area contributed by atoms with Crippen LogP contribution in [0.4, 0.5) is 5.69 Å². The zero-order valence-corrected chi connectivity index (χ0v) is 9.16. The fourth-order valence-electron chi connectivity index (χ4n) is 1.03. The number of rotatable bonds is 2. The molecule has 0 aliphatic heterocycles. The van der Waals surface area contributed by atoms with Crippen LogP contribution in [0.3, 0.4) is 0 Å². The summed E-state index contributed by atoms with van der Waals surface area (Å²) in [6.45, 7) is 5.07. The fourth-order valence-corrected chi connectivity index (χ4v) is 1.03. The third kappa shape index (κ3) is 2.95. The minimum atomic E-state index is -0.961. The van der Waals surface area contributed by atoms with Crippen LogP contribution in [-0.2, 0) is 4.79 Å². The van der Waals surface area contributed by atoms with E-state index in [1.165, 1.54) is 0 Å². The molecule has 0 heterocycles. The molecule has 0 aromatic heterocycles. The molecule has 1 aromatic carbocycles. The minimum Gasteiger partial charge on any atom is -0.506 e. The number of phenolic OH excluding ortho intramolecular Hbond substituents is 1. The van der Waals surface area contributed by atoms with E-state index in [1.807, 2.05) is 6.92 Å². The summed E-state index contributed by atoms with van der Waals surface area (Å²) in [5, 5.41) is 12.1. The van der Waals surface area contributed by atoms with Gasteiger partial charge in [0.25, 0.3) is 0 Å². The van der Waals surface area contributed by atoms with Gasteiger partial charge in [0.2, 0.25) is 5.91 Å². The van der Waals surface area contributed by atoms with Crippen molar-refractivity contribution in [3.63, 3.8) is 0 Å². The molecule has 0 atom stereocenters. The summed E-state index contributed by atoms with van der Waals surface area (Å²) in [5.41, 5.74) is 5.96. The zero-order chi connectivity index (χ0) is 11.6. The summed E-state index contributed by atoms with van der Waals surface area (Å²) >= 11 is 0. The predicted molar refractivity (Wildman–Crippen MR) is 59.7 cm³/mol. The number of nitrogens with two attached hydrogens (primary N) is 1. The van der Waals surface area contributed by atoms with Crippen molar-refractivity contribution in [2.75, 3.05) is 5.32 Å². The lowest BCUT2D eigenvalue weighted by Crippen LogP contribution is -2.45. The van der Waals surface area contributed by atoms with Crippen LogP contribution >= 0.6 is 0 Å². The third-order valence-electron chi connectivity index (χ3n) is 1.99. The minimum absolute atomic E-state index is 0.0487. The number of nitrogens with one attached hydrogen (secondary N) is 1. The Kier molecular flexibility index (Phi) is 3.00. The molecule has 15 heavy (non-hydrogen) atoms. The predicted octanol–water partition coefficient (Wildman–Crippen LogP) is 1.38. The molecular formula is C11H16N2O2. The summed E-state index contributed by atoms with van der Waals surface area (Å²) < 4.78 is 0. The highest BCUT2D eigenvalue weighted by atomic mass is 16.3. The standard InChI is InChI=1S/C11H16N2O2/c1-7-4-5-8(9(14)6-7)13-10(15)11(2,3)12/h4-6,14H,12H2,1-3H3,(H,13,15). The molecular weight excluding hydrogens is 192 g/mol. The highest BCUT2D eigenvalue weighted by molar-refractivity contribution is 5.98. The number of carbonyl (C=O) groups excluding carboxylic acids is 1. The maximum Gasteiger partial charge on any atom is 0.243 e. The number of benzene rings is 1. The first-order valence-corrected chi connectivity index (χ1v) is 4.70. The molecule has 0 saturated heterocycles. The number of hydrogen-bond donors (Lipinski definition) is 3. The smallest absolute Gasteiger partial charge is 0.243 e. The van der Waals surface area contributed by atoms with Crippen LogP contribution in [0.1, 0.15) is 19.4 Å². The van der Waals surface area contributed by atoms with Crippen molar-refractivity contribution in [3.8, 4) is 5.75 Å². The highest BCUT2D eigenvalue weighted by Gasteiger charge is 2.22. The number of amides is 1. The Balaban J connectivity index is 2.87. The van der Waals surface area contributed by atoms with Gasteiger partial charge >= 0.3 is 0 Å². The van der Waals surface area contributed by atoms with Crippen LogP contribution in [0.5, 0.6) is 5.75 Å². The van der Waals surface area contributed by atoms with Gasteiger partial charge in [0.1, 0.15) is 5.75 Å². The number of aromatic hydroxyl groups is 1. The molecule has 0 spiro atoms. The molecule has 0 fully saturated rings. The second kappa shape index (κ2) is 3.90. The van der Waals surface area contributed by atoms with Gasteiger partial charge in [-0.25, -0.2) is 0 Å². The van der Waals surface area contributed by atoms with Crippen LogP contribution < -0.4 is 11.1 Å². The Labute approximate surface area is 89.1 Å².